The number of carboxylic acids is 1. The second-order valence-electron chi connectivity index (χ2n) is 5.31. The molecule has 3 aromatic rings. The first-order valence-corrected chi connectivity index (χ1v) is 8.48. The molecule has 0 amide bonds. The van der Waals surface area contributed by atoms with Crippen LogP contribution in [-0.4, -0.2) is 24.5 Å². The molecule has 0 radical (unpaired) electrons. The lowest BCUT2D eigenvalue weighted by molar-refractivity contribution is 0.0696. The maximum absolute atomic E-state index is 12.6. The van der Waals surface area contributed by atoms with Gasteiger partial charge < -0.3 is 9.52 Å². The normalized spacial score (nSPS) is 11.6. The summed E-state index contributed by atoms with van der Waals surface area (Å²) in [5.41, 5.74) is 1.76. The lowest BCUT2D eigenvalue weighted by Gasteiger charge is -2.11. The van der Waals surface area contributed by atoms with Crippen molar-refractivity contribution < 1.29 is 22.7 Å². The summed E-state index contributed by atoms with van der Waals surface area (Å²) in [4.78, 5) is 15.1. The van der Waals surface area contributed by atoms with Gasteiger partial charge in [-0.05, 0) is 42.8 Å². The van der Waals surface area contributed by atoms with Crippen LogP contribution in [0.1, 0.15) is 21.8 Å². The van der Waals surface area contributed by atoms with Crippen LogP contribution in [0.15, 0.2) is 45.7 Å². The number of hydrogen-bond donors (Lipinski definition) is 2. The van der Waals surface area contributed by atoms with E-state index in [9.17, 15) is 13.2 Å². The first-order chi connectivity index (χ1) is 11.3. The Morgan fingerprint density at radius 3 is 2.62 bits per heavy atom. The average Bonchev–Trinajstić information content (AvgIpc) is 2.86. The number of hydrogen-bond acceptors (Lipinski definition) is 5. The van der Waals surface area contributed by atoms with Gasteiger partial charge >= 0.3 is 5.97 Å². The van der Waals surface area contributed by atoms with Gasteiger partial charge in [0.05, 0.1) is 16.1 Å². The molecule has 0 spiro atoms. The number of anilines is 1. The van der Waals surface area contributed by atoms with E-state index in [1.54, 1.807) is 32.0 Å². The highest BCUT2D eigenvalue weighted by Crippen LogP contribution is 2.24. The summed E-state index contributed by atoms with van der Waals surface area (Å²) >= 11 is 0. The smallest absolute Gasteiger partial charge is 0.335 e. The largest absolute Gasteiger partial charge is 0.478 e. The molecule has 8 heteroatoms. The van der Waals surface area contributed by atoms with Crippen molar-refractivity contribution in [3.05, 3.63) is 53.4 Å². The van der Waals surface area contributed by atoms with Gasteiger partial charge in [-0.2, -0.15) is 0 Å². The van der Waals surface area contributed by atoms with E-state index in [1.165, 1.54) is 12.1 Å². The SMILES string of the molecule is Cc1nc2cc(NS(=O)(=O)c3cc(C(=O)O)ccc3C)ccc2o1. The highest BCUT2D eigenvalue weighted by molar-refractivity contribution is 7.92. The Morgan fingerprint density at radius 1 is 1.17 bits per heavy atom. The van der Waals surface area contributed by atoms with Gasteiger partial charge in [-0.25, -0.2) is 18.2 Å². The third-order valence-corrected chi connectivity index (χ3v) is 4.99. The summed E-state index contributed by atoms with van der Waals surface area (Å²) in [6.07, 6.45) is 0. The van der Waals surface area contributed by atoms with Crippen molar-refractivity contribution >= 4 is 32.8 Å². The number of nitrogens with one attached hydrogen (secondary N) is 1. The third kappa shape index (κ3) is 2.95. The summed E-state index contributed by atoms with van der Waals surface area (Å²) < 4.78 is 33.0. The molecule has 0 saturated carbocycles. The number of aromatic carboxylic acids is 1. The predicted molar refractivity (Wildman–Crippen MR) is 87.7 cm³/mol. The molecule has 2 aromatic carbocycles. The molecule has 24 heavy (non-hydrogen) atoms. The van der Waals surface area contributed by atoms with Crippen molar-refractivity contribution in [3.8, 4) is 0 Å². The van der Waals surface area contributed by atoms with Crippen LogP contribution in [0.5, 0.6) is 0 Å². The van der Waals surface area contributed by atoms with Crippen LogP contribution >= 0.6 is 0 Å². The zero-order valence-corrected chi connectivity index (χ0v) is 13.7. The maximum Gasteiger partial charge on any atom is 0.335 e. The topological polar surface area (TPSA) is 110 Å². The summed E-state index contributed by atoms with van der Waals surface area (Å²) in [5, 5.41) is 9.04. The number of fused-ring (bicyclic) bond motifs is 1. The fraction of sp³-hybridized carbons (Fsp3) is 0.125. The molecule has 124 valence electrons. The number of carboxylic acid groups (broad SMARTS) is 1. The number of carbonyl (C=O) groups is 1. The average molecular weight is 346 g/mol. The van der Waals surface area contributed by atoms with E-state index in [2.05, 4.69) is 9.71 Å². The lowest BCUT2D eigenvalue weighted by Crippen LogP contribution is -2.15. The predicted octanol–water partition coefficient (Wildman–Crippen LogP) is 2.94. The first kappa shape index (κ1) is 16.0. The van der Waals surface area contributed by atoms with Crippen molar-refractivity contribution in [3.63, 3.8) is 0 Å². The molecule has 1 aromatic heterocycles. The summed E-state index contributed by atoms with van der Waals surface area (Å²) in [6, 6.07) is 8.69. The maximum atomic E-state index is 12.6. The van der Waals surface area contributed by atoms with Crippen LogP contribution < -0.4 is 4.72 Å². The first-order valence-electron chi connectivity index (χ1n) is 7.00. The monoisotopic (exact) mass is 346 g/mol. The van der Waals surface area contributed by atoms with Gasteiger partial charge in [0.15, 0.2) is 11.5 Å². The van der Waals surface area contributed by atoms with E-state index < -0.39 is 16.0 Å². The van der Waals surface area contributed by atoms with E-state index in [4.69, 9.17) is 9.52 Å². The quantitative estimate of drug-likeness (QED) is 0.751. The number of aryl methyl sites for hydroxylation is 2. The lowest BCUT2D eigenvalue weighted by atomic mass is 10.1. The van der Waals surface area contributed by atoms with E-state index in [0.29, 0.717) is 28.2 Å². The molecule has 2 N–H and O–H groups in total. The number of benzene rings is 2. The van der Waals surface area contributed by atoms with Gasteiger partial charge in [0.25, 0.3) is 10.0 Å². The number of oxazole rings is 1. The highest BCUT2D eigenvalue weighted by atomic mass is 32.2. The minimum atomic E-state index is -3.93. The Hall–Kier alpha value is -2.87. The molecule has 0 atom stereocenters. The van der Waals surface area contributed by atoms with E-state index >= 15 is 0 Å². The zero-order chi connectivity index (χ0) is 17.5. The molecule has 1 heterocycles. The van der Waals surface area contributed by atoms with Crippen molar-refractivity contribution in [2.24, 2.45) is 0 Å². The summed E-state index contributed by atoms with van der Waals surface area (Å²) in [6.45, 7) is 3.30. The molecular formula is C16H14N2O5S. The van der Waals surface area contributed by atoms with Crippen molar-refractivity contribution in [2.75, 3.05) is 4.72 Å². The van der Waals surface area contributed by atoms with Crippen LogP contribution in [0.3, 0.4) is 0 Å². The number of aromatic nitrogens is 1. The summed E-state index contributed by atoms with van der Waals surface area (Å²) in [5.74, 6) is -0.707. The van der Waals surface area contributed by atoms with Gasteiger partial charge in [0, 0.05) is 6.92 Å². The third-order valence-electron chi connectivity index (χ3n) is 3.47. The Morgan fingerprint density at radius 2 is 1.92 bits per heavy atom. The fourth-order valence-electron chi connectivity index (χ4n) is 2.34. The molecule has 0 aliphatic heterocycles. The molecular weight excluding hydrogens is 332 g/mol. The minimum absolute atomic E-state index is 0.0844. The van der Waals surface area contributed by atoms with Gasteiger partial charge in [-0.15, -0.1) is 0 Å². The number of rotatable bonds is 4. The second-order valence-corrected chi connectivity index (χ2v) is 6.96. The highest BCUT2D eigenvalue weighted by Gasteiger charge is 2.19. The zero-order valence-electron chi connectivity index (χ0n) is 12.9. The van der Waals surface area contributed by atoms with Crippen LogP contribution in [0.2, 0.25) is 0 Å². The Bertz CT molecular complexity index is 1050. The van der Waals surface area contributed by atoms with Crippen LogP contribution in [0, 0.1) is 13.8 Å². The number of nitrogens with zero attached hydrogens (tertiary/aromatic N) is 1. The Kier molecular flexibility index (Phi) is 3.76. The van der Waals surface area contributed by atoms with Crippen molar-refractivity contribution in [1.29, 1.82) is 0 Å². The van der Waals surface area contributed by atoms with Crippen molar-refractivity contribution in [2.45, 2.75) is 18.7 Å². The minimum Gasteiger partial charge on any atom is -0.478 e. The second kappa shape index (κ2) is 5.64. The van der Waals surface area contributed by atoms with Crippen molar-refractivity contribution in [1.82, 2.24) is 4.98 Å². The van der Waals surface area contributed by atoms with E-state index in [1.807, 2.05) is 0 Å². The van der Waals surface area contributed by atoms with Gasteiger partial charge in [0.2, 0.25) is 0 Å². The van der Waals surface area contributed by atoms with Gasteiger partial charge in [0.1, 0.15) is 5.52 Å². The Labute approximate surface area is 138 Å². The fourth-order valence-corrected chi connectivity index (χ4v) is 3.66. The number of sulfonamides is 1. The molecule has 7 nitrogen and oxygen atoms in total. The molecule has 0 fully saturated rings. The summed E-state index contributed by atoms with van der Waals surface area (Å²) in [7, 11) is -3.93. The van der Waals surface area contributed by atoms with Crippen LogP contribution in [0.4, 0.5) is 5.69 Å². The molecule has 0 aliphatic rings. The Balaban J connectivity index is 2.00. The molecule has 3 rings (SSSR count). The van der Waals surface area contributed by atoms with E-state index in [0.717, 1.165) is 6.07 Å². The molecule has 0 bridgehead atoms. The molecule has 0 unspecified atom stereocenters. The van der Waals surface area contributed by atoms with E-state index in [-0.39, 0.29) is 10.5 Å². The molecule has 0 saturated heterocycles. The van der Waals surface area contributed by atoms with Crippen LogP contribution in [-0.2, 0) is 10.0 Å². The molecule has 0 aliphatic carbocycles. The van der Waals surface area contributed by atoms with Gasteiger partial charge in [-0.3, -0.25) is 4.72 Å². The van der Waals surface area contributed by atoms with Crippen LogP contribution in [0.25, 0.3) is 11.1 Å². The standard InChI is InChI=1S/C16H14N2O5S/c1-9-3-4-11(16(19)20)7-15(9)24(21,22)18-12-5-6-14-13(8-12)17-10(2)23-14/h3-8,18H,1-2H3,(H,19,20). The van der Waals surface area contributed by atoms with Gasteiger partial charge in [-0.1, -0.05) is 6.07 Å².